The van der Waals surface area contributed by atoms with Crippen LogP contribution < -0.4 is 5.32 Å². The number of hydrogen-bond donors (Lipinski definition) is 1. The fraction of sp³-hybridized carbons (Fsp3) is 0.368. The van der Waals surface area contributed by atoms with Crippen LogP contribution in [0.4, 0.5) is 5.69 Å². The van der Waals surface area contributed by atoms with E-state index < -0.39 is 0 Å². The third kappa shape index (κ3) is 3.64. The van der Waals surface area contributed by atoms with E-state index in [1.54, 1.807) is 0 Å². The van der Waals surface area contributed by atoms with Gasteiger partial charge >= 0.3 is 0 Å². The minimum Gasteiger partial charge on any atom is -0.383 e. The number of rotatable bonds is 4. The van der Waals surface area contributed by atoms with Gasteiger partial charge in [-0.3, -0.25) is 0 Å². The molecule has 1 unspecified atom stereocenters. The Balaban J connectivity index is 1.55. The highest BCUT2D eigenvalue weighted by Gasteiger charge is 2.18. The topological polar surface area (TPSA) is 15.3 Å². The van der Waals surface area contributed by atoms with E-state index in [0.29, 0.717) is 6.04 Å². The van der Waals surface area contributed by atoms with Crippen LogP contribution in [0, 0.1) is 0 Å². The van der Waals surface area contributed by atoms with E-state index in [0.717, 1.165) is 19.5 Å². The first-order valence-electron chi connectivity index (χ1n) is 7.89. The number of benzene rings is 2. The average molecular weight is 280 g/mol. The highest BCUT2D eigenvalue weighted by atomic mass is 15.1. The smallest absolute Gasteiger partial charge is 0.0373 e. The van der Waals surface area contributed by atoms with E-state index in [-0.39, 0.29) is 0 Å². The van der Waals surface area contributed by atoms with Crippen LogP contribution in [0.3, 0.4) is 0 Å². The second-order valence-corrected chi connectivity index (χ2v) is 5.95. The van der Waals surface area contributed by atoms with Gasteiger partial charge in [0.1, 0.15) is 0 Å². The third-order valence-corrected chi connectivity index (χ3v) is 4.51. The van der Waals surface area contributed by atoms with Crippen molar-refractivity contribution in [3.8, 4) is 0 Å². The van der Waals surface area contributed by atoms with E-state index in [9.17, 15) is 0 Å². The SMILES string of the molecule is CN(CCc1ccccc1)C1CCc2ccccc2NC1. The van der Waals surface area contributed by atoms with Crippen LogP contribution in [0.15, 0.2) is 54.6 Å². The largest absolute Gasteiger partial charge is 0.383 e. The van der Waals surface area contributed by atoms with E-state index in [2.05, 4.69) is 71.9 Å². The Hall–Kier alpha value is -1.80. The fourth-order valence-electron chi connectivity index (χ4n) is 3.07. The first-order valence-corrected chi connectivity index (χ1v) is 7.89. The molecule has 1 aliphatic heterocycles. The highest BCUT2D eigenvalue weighted by molar-refractivity contribution is 5.52. The van der Waals surface area contributed by atoms with Gasteiger partial charge in [-0.2, -0.15) is 0 Å². The molecule has 1 heterocycles. The molecule has 1 aliphatic rings. The summed E-state index contributed by atoms with van der Waals surface area (Å²) in [6.07, 6.45) is 3.53. The maximum Gasteiger partial charge on any atom is 0.0373 e. The zero-order valence-corrected chi connectivity index (χ0v) is 12.8. The molecule has 0 bridgehead atoms. The molecule has 1 atom stereocenters. The van der Waals surface area contributed by atoms with Gasteiger partial charge in [-0.05, 0) is 43.5 Å². The molecule has 2 heteroatoms. The summed E-state index contributed by atoms with van der Waals surface area (Å²) in [7, 11) is 2.26. The summed E-state index contributed by atoms with van der Waals surface area (Å²) in [6, 6.07) is 20.1. The summed E-state index contributed by atoms with van der Waals surface area (Å²) < 4.78 is 0. The lowest BCUT2D eigenvalue weighted by Gasteiger charge is -2.27. The molecule has 110 valence electrons. The van der Waals surface area contributed by atoms with Crippen molar-refractivity contribution in [3.05, 3.63) is 65.7 Å². The van der Waals surface area contributed by atoms with Crippen molar-refractivity contribution >= 4 is 5.69 Å². The molecule has 0 aromatic heterocycles. The molecule has 0 saturated carbocycles. The lowest BCUT2D eigenvalue weighted by Crippen LogP contribution is -2.38. The number of likely N-dealkylation sites (N-methyl/N-ethyl adjacent to an activating group) is 1. The molecule has 2 aromatic rings. The first-order chi connectivity index (χ1) is 10.3. The van der Waals surface area contributed by atoms with E-state index in [1.165, 1.54) is 29.7 Å². The van der Waals surface area contributed by atoms with Crippen molar-refractivity contribution in [1.29, 1.82) is 0 Å². The Morgan fingerprint density at radius 1 is 1.05 bits per heavy atom. The minimum atomic E-state index is 0.612. The predicted octanol–water partition coefficient (Wildman–Crippen LogP) is 3.59. The Bertz CT molecular complexity index is 538. The summed E-state index contributed by atoms with van der Waals surface area (Å²) in [4.78, 5) is 2.51. The monoisotopic (exact) mass is 280 g/mol. The molecular formula is C19H24N2. The number of nitrogens with zero attached hydrogens (tertiary/aromatic N) is 1. The molecule has 0 fully saturated rings. The average Bonchev–Trinajstić information content (AvgIpc) is 2.76. The minimum absolute atomic E-state index is 0.612. The van der Waals surface area contributed by atoms with E-state index >= 15 is 0 Å². The molecule has 0 spiro atoms. The van der Waals surface area contributed by atoms with Gasteiger partial charge in [0.05, 0.1) is 0 Å². The number of fused-ring (bicyclic) bond motifs is 1. The third-order valence-electron chi connectivity index (χ3n) is 4.51. The summed E-state index contributed by atoms with van der Waals surface area (Å²) in [5, 5.41) is 3.61. The van der Waals surface area contributed by atoms with E-state index in [1.807, 2.05) is 0 Å². The predicted molar refractivity (Wildman–Crippen MR) is 89.8 cm³/mol. The second-order valence-electron chi connectivity index (χ2n) is 5.95. The number of nitrogens with one attached hydrogen (secondary N) is 1. The van der Waals surface area contributed by atoms with Gasteiger partial charge in [0.2, 0.25) is 0 Å². The second kappa shape index (κ2) is 6.77. The normalized spacial score (nSPS) is 17.9. The molecule has 2 aromatic carbocycles. The zero-order chi connectivity index (χ0) is 14.5. The maximum absolute atomic E-state index is 3.61. The van der Waals surface area contributed by atoms with Crippen molar-refractivity contribution in [3.63, 3.8) is 0 Å². The molecule has 0 aliphatic carbocycles. The van der Waals surface area contributed by atoms with Crippen LogP contribution in [0.1, 0.15) is 17.5 Å². The number of aryl methyl sites for hydroxylation is 1. The number of para-hydroxylation sites is 1. The van der Waals surface area contributed by atoms with Crippen LogP contribution >= 0.6 is 0 Å². The van der Waals surface area contributed by atoms with Gasteiger partial charge in [-0.1, -0.05) is 48.5 Å². The van der Waals surface area contributed by atoms with Crippen LogP contribution in [-0.4, -0.2) is 31.1 Å². The molecule has 0 saturated heterocycles. The summed E-state index contributed by atoms with van der Waals surface area (Å²) in [5.41, 5.74) is 4.20. The van der Waals surface area contributed by atoms with Crippen molar-refractivity contribution in [2.24, 2.45) is 0 Å². The highest BCUT2D eigenvalue weighted by Crippen LogP contribution is 2.22. The van der Waals surface area contributed by atoms with Gasteiger partial charge in [-0.15, -0.1) is 0 Å². The number of hydrogen-bond acceptors (Lipinski definition) is 2. The number of anilines is 1. The van der Waals surface area contributed by atoms with Gasteiger partial charge in [0.15, 0.2) is 0 Å². The molecule has 3 rings (SSSR count). The summed E-state index contributed by atoms with van der Waals surface area (Å²) >= 11 is 0. The quantitative estimate of drug-likeness (QED) is 0.920. The van der Waals surface area contributed by atoms with Crippen LogP contribution in [-0.2, 0) is 12.8 Å². The molecular weight excluding hydrogens is 256 g/mol. The Morgan fingerprint density at radius 3 is 2.67 bits per heavy atom. The maximum atomic E-state index is 3.61. The van der Waals surface area contributed by atoms with Gasteiger partial charge < -0.3 is 10.2 Å². The standard InChI is InChI=1S/C19H24N2/c1-21(14-13-16-7-3-2-4-8-16)18-12-11-17-9-5-6-10-19(17)20-15-18/h2-10,18,20H,11-15H2,1H3. The van der Waals surface area contributed by atoms with Crippen LogP contribution in [0.5, 0.6) is 0 Å². The fourth-order valence-corrected chi connectivity index (χ4v) is 3.07. The molecule has 0 amide bonds. The lowest BCUT2D eigenvalue weighted by molar-refractivity contribution is 0.244. The Kier molecular flexibility index (Phi) is 4.56. The van der Waals surface area contributed by atoms with E-state index in [4.69, 9.17) is 0 Å². The zero-order valence-electron chi connectivity index (χ0n) is 12.8. The van der Waals surface area contributed by atoms with Gasteiger partial charge in [-0.25, -0.2) is 0 Å². The van der Waals surface area contributed by atoms with Crippen LogP contribution in [0.25, 0.3) is 0 Å². The van der Waals surface area contributed by atoms with Gasteiger partial charge in [0.25, 0.3) is 0 Å². The Morgan fingerprint density at radius 2 is 1.81 bits per heavy atom. The van der Waals surface area contributed by atoms with Crippen molar-refractivity contribution in [2.45, 2.75) is 25.3 Å². The van der Waals surface area contributed by atoms with Crippen molar-refractivity contribution in [1.82, 2.24) is 4.90 Å². The summed E-state index contributed by atoms with van der Waals surface area (Å²) in [5.74, 6) is 0. The molecule has 0 radical (unpaired) electrons. The first kappa shape index (κ1) is 14.2. The Labute approximate surface area is 127 Å². The lowest BCUT2D eigenvalue weighted by atomic mass is 10.0. The molecule has 21 heavy (non-hydrogen) atoms. The van der Waals surface area contributed by atoms with Crippen LogP contribution in [0.2, 0.25) is 0 Å². The molecule has 2 nitrogen and oxygen atoms in total. The summed E-state index contributed by atoms with van der Waals surface area (Å²) in [6.45, 7) is 2.16. The van der Waals surface area contributed by atoms with Gasteiger partial charge in [0, 0.05) is 24.8 Å². The molecule has 1 N–H and O–H groups in total. The van der Waals surface area contributed by atoms with Crippen molar-refractivity contribution < 1.29 is 0 Å². The van der Waals surface area contributed by atoms with Crippen molar-refractivity contribution in [2.75, 3.05) is 25.5 Å².